The zero-order valence-corrected chi connectivity index (χ0v) is 11.6. The van der Waals surface area contributed by atoms with Crippen molar-refractivity contribution in [3.8, 4) is 0 Å². The van der Waals surface area contributed by atoms with Crippen molar-refractivity contribution in [2.75, 3.05) is 25.9 Å². The fourth-order valence-corrected chi connectivity index (χ4v) is 3.03. The van der Waals surface area contributed by atoms with E-state index in [0.29, 0.717) is 0 Å². The van der Waals surface area contributed by atoms with Gasteiger partial charge >= 0.3 is 0 Å². The number of rotatable bonds is 6. The van der Waals surface area contributed by atoms with E-state index in [2.05, 4.69) is 24.1 Å². The van der Waals surface area contributed by atoms with E-state index in [1.807, 2.05) is 12.1 Å². The summed E-state index contributed by atoms with van der Waals surface area (Å²) in [6, 6.07) is 8.27. The number of nitrogens with zero attached hydrogens (tertiary/aromatic N) is 1. The first kappa shape index (κ1) is 13.4. The van der Waals surface area contributed by atoms with Gasteiger partial charge < -0.3 is 10.6 Å². The second-order valence-corrected chi connectivity index (χ2v) is 5.76. The summed E-state index contributed by atoms with van der Waals surface area (Å²) in [5.74, 6) is 0.961. The van der Waals surface area contributed by atoms with E-state index in [4.69, 9.17) is 5.73 Å². The quantitative estimate of drug-likeness (QED) is 0.780. The Kier molecular flexibility index (Phi) is 5.06. The van der Waals surface area contributed by atoms with E-state index in [9.17, 15) is 0 Å². The fraction of sp³-hybridized carbons (Fsp3) is 0.625. The summed E-state index contributed by atoms with van der Waals surface area (Å²) in [5, 5.41) is 0. The molecule has 0 aromatic heterocycles. The molecule has 1 fully saturated rings. The number of nitrogens with two attached hydrogens (primary N) is 1. The maximum absolute atomic E-state index is 5.79. The average molecular weight is 246 g/mol. The van der Waals surface area contributed by atoms with Gasteiger partial charge in [-0.3, -0.25) is 0 Å². The summed E-state index contributed by atoms with van der Waals surface area (Å²) in [5.41, 5.74) is 8.03. The van der Waals surface area contributed by atoms with Crippen LogP contribution in [0.5, 0.6) is 0 Å². The number of hydrogen-bond donors (Lipinski definition) is 1. The SMILES string of the molecule is CN(CCCc1cccc(N)c1)CC1CCCC1. The lowest BCUT2D eigenvalue weighted by Crippen LogP contribution is -2.25. The van der Waals surface area contributed by atoms with E-state index < -0.39 is 0 Å². The van der Waals surface area contributed by atoms with E-state index in [1.54, 1.807) is 0 Å². The van der Waals surface area contributed by atoms with Crippen LogP contribution in [-0.4, -0.2) is 25.0 Å². The van der Waals surface area contributed by atoms with Crippen molar-refractivity contribution in [3.05, 3.63) is 29.8 Å². The maximum atomic E-state index is 5.79. The van der Waals surface area contributed by atoms with Gasteiger partial charge in [0.2, 0.25) is 0 Å². The van der Waals surface area contributed by atoms with E-state index in [-0.39, 0.29) is 0 Å². The molecule has 2 N–H and O–H groups in total. The first-order valence-electron chi connectivity index (χ1n) is 7.27. The Morgan fingerprint density at radius 1 is 1.28 bits per heavy atom. The Morgan fingerprint density at radius 3 is 2.78 bits per heavy atom. The second-order valence-electron chi connectivity index (χ2n) is 5.76. The zero-order valence-electron chi connectivity index (χ0n) is 11.6. The number of aryl methyl sites for hydroxylation is 1. The lowest BCUT2D eigenvalue weighted by molar-refractivity contribution is 0.275. The summed E-state index contributed by atoms with van der Waals surface area (Å²) >= 11 is 0. The van der Waals surface area contributed by atoms with Crippen molar-refractivity contribution in [2.45, 2.75) is 38.5 Å². The van der Waals surface area contributed by atoms with Crippen LogP contribution in [0.2, 0.25) is 0 Å². The van der Waals surface area contributed by atoms with Gasteiger partial charge in [0, 0.05) is 12.2 Å². The minimum absolute atomic E-state index is 0.881. The van der Waals surface area contributed by atoms with Crippen molar-refractivity contribution in [1.82, 2.24) is 4.90 Å². The summed E-state index contributed by atoms with van der Waals surface area (Å²) in [6.45, 7) is 2.49. The third kappa shape index (κ3) is 4.34. The second kappa shape index (κ2) is 6.79. The lowest BCUT2D eigenvalue weighted by atomic mass is 10.1. The maximum Gasteiger partial charge on any atom is 0.0316 e. The molecular formula is C16H26N2. The van der Waals surface area contributed by atoms with Gasteiger partial charge in [-0.1, -0.05) is 25.0 Å². The average Bonchev–Trinajstić information content (AvgIpc) is 2.82. The normalized spacial score (nSPS) is 16.6. The Labute approximate surface area is 111 Å². The van der Waals surface area contributed by atoms with E-state index in [1.165, 1.54) is 50.8 Å². The molecule has 1 aromatic rings. The predicted octanol–water partition coefficient (Wildman–Crippen LogP) is 3.32. The van der Waals surface area contributed by atoms with Gasteiger partial charge in [0.25, 0.3) is 0 Å². The Hall–Kier alpha value is -1.02. The molecule has 2 rings (SSSR count). The number of nitrogen functional groups attached to an aromatic ring is 1. The molecule has 100 valence electrons. The van der Waals surface area contributed by atoms with Gasteiger partial charge in [0.1, 0.15) is 0 Å². The predicted molar refractivity (Wildman–Crippen MR) is 78.6 cm³/mol. The molecule has 2 nitrogen and oxygen atoms in total. The van der Waals surface area contributed by atoms with Gasteiger partial charge in [-0.15, -0.1) is 0 Å². The van der Waals surface area contributed by atoms with Crippen LogP contribution >= 0.6 is 0 Å². The molecule has 1 saturated carbocycles. The first-order valence-corrected chi connectivity index (χ1v) is 7.27. The van der Waals surface area contributed by atoms with Gasteiger partial charge in [-0.25, -0.2) is 0 Å². The Bertz CT molecular complexity index is 356. The molecule has 0 heterocycles. The zero-order chi connectivity index (χ0) is 12.8. The molecule has 0 aliphatic heterocycles. The van der Waals surface area contributed by atoms with Crippen molar-refractivity contribution in [3.63, 3.8) is 0 Å². The molecule has 0 radical (unpaired) electrons. The summed E-state index contributed by atoms with van der Waals surface area (Å²) in [7, 11) is 2.26. The highest BCUT2D eigenvalue weighted by Crippen LogP contribution is 2.25. The minimum Gasteiger partial charge on any atom is -0.399 e. The van der Waals surface area contributed by atoms with Crippen LogP contribution in [0.4, 0.5) is 5.69 Å². The molecule has 0 amide bonds. The summed E-state index contributed by atoms with van der Waals surface area (Å²) in [6.07, 6.45) is 8.15. The van der Waals surface area contributed by atoms with Crippen LogP contribution in [0.15, 0.2) is 24.3 Å². The largest absolute Gasteiger partial charge is 0.399 e. The third-order valence-corrected chi connectivity index (χ3v) is 4.00. The van der Waals surface area contributed by atoms with Gasteiger partial charge in [-0.05, 0) is 62.9 Å². The molecule has 2 heteroatoms. The number of hydrogen-bond acceptors (Lipinski definition) is 2. The monoisotopic (exact) mass is 246 g/mol. The van der Waals surface area contributed by atoms with Crippen LogP contribution in [0.1, 0.15) is 37.7 Å². The van der Waals surface area contributed by atoms with Crippen LogP contribution in [0.3, 0.4) is 0 Å². The smallest absolute Gasteiger partial charge is 0.0316 e. The Balaban J connectivity index is 1.65. The van der Waals surface area contributed by atoms with E-state index >= 15 is 0 Å². The van der Waals surface area contributed by atoms with Gasteiger partial charge in [-0.2, -0.15) is 0 Å². The lowest BCUT2D eigenvalue weighted by Gasteiger charge is -2.20. The molecule has 1 aliphatic rings. The third-order valence-electron chi connectivity index (χ3n) is 4.00. The van der Waals surface area contributed by atoms with Crippen molar-refractivity contribution in [2.24, 2.45) is 5.92 Å². The molecule has 0 bridgehead atoms. The molecule has 18 heavy (non-hydrogen) atoms. The van der Waals surface area contributed by atoms with E-state index in [0.717, 1.165) is 18.0 Å². The van der Waals surface area contributed by atoms with Crippen LogP contribution in [-0.2, 0) is 6.42 Å². The molecule has 0 atom stereocenters. The fourth-order valence-electron chi connectivity index (χ4n) is 3.03. The molecule has 1 aromatic carbocycles. The number of benzene rings is 1. The van der Waals surface area contributed by atoms with Crippen molar-refractivity contribution in [1.29, 1.82) is 0 Å². The first-order chi connectivity index (χ1) is 8.74. The van der Waals surface area contributed by atoms with Crippen molar-refractivity contribution < 1.29 is 0 Å². The van der Waals surface area contributed by atoms with Crippen LogP contribution < -0.4 is 5.73 Å². The topological polar surface area (TPSA) is 29.3 Å². The van der Waals surface area contributed by atoms with Crippen LogP contribution in [0.25, 0.3) is 0 Å². The minimum atomic E-state index is 0.881. The molecule has 0 unspecified atom stereocenters. The van der Waals surface area contributed by atoms with Gasteiger partial charge in [0.05, 0.1) is 0 Å². The number of anilines is 1. The Morgan fingerprint density at radius 2 is 2.06 bits per heavy atom. The molecule has 1 aliphatic carbocycles. The van der Waals surface area contributed by atoms with Crippen molar-refractivity contribution >= 4 is 5.69 Å². The highest BCUT2D eigenvalue weighted by Gasteiger charge is 2.16. The molecule has 0 saturated heterocycles. The van der Waals surface area contributed by atoms with Crippen LogP contribution in [0, 0.1) is 5.92 Å². The summed E-state index contributed by atoms with van der Waals surface area (Å²) < 4.78 is 0. The highest BCUT2D eigenvalue weighted by atomic mass is 15.1. The molecule has 0 spiro atoms. The standard InChI is InChI=1S/C16H26N2/c1-18(13-15-6-2-3-7-15)11-5-9-14-8-4-10-16(17)12-14/h4,8,10,12,15H,2-3,5-7,9,11,13,17H2,1H3. The molecular weight excluding hydrogens is 220 g/mol. The van der Waals surface area contributed by atoms with Gasteiger partial charge in [0.15, 0.2) is 0 Å². The highest BCUT2D eigenvalue weighted by molar-refractivity contribution is 5.40. The summed E-state index contributed by atoms with van der Waals surface area (Å²) in [4.78, 5) is 2.50.